The summed E-state index contributed by atoms with van der Waals surface area (Å²) >= 11 is 13.8. The number of nitrogens with two attached hydrogens (primary N) is 1. The number of nitro groups is 1. The smallest absolute Gasteiger partial charge is 0.289 e. The van der Waals surface area contributed by atoms with Crippen molar-refractivity contribution >= 4 is 35.0 Å². The third-order valence-corrected chi connectivity index (χ3v) is 5.50. The minimum Gasteiger partial charge on any atom is -0.384 e. The topological polar surface area (TPSA) is 96.2 Å². The largest absolute Gasteiger partial charge is 0.384 e. The van der Waals surface area contributed by atoms with Gasteiger partial charge in [-0.1, -0.05) is 41.0 Å². The van der Waals surface area contributed by atoms with Gasteiger partial charge in [0.1, 0.15) is 11.7 Å². The van der Waals surface area contributed by atoms with Crippen LogP contribution in [-0.2, 0) is 0 Å². The maximum atomic E-state index is 11.7. The van der Waals surface area contributed by atoms with Crippen molar-refractivity contribution in [2.24, 2.45) is 5.73 Å². The molecule has 2 aliphatic heterocycles. The third kappa shape index (κ3) is 2.43. The maximum absolute atomic E-state index is 11.7. The Morgan fingerprint density at radius 2 is 2.09 bits per heavy atom. The predicted molar refractivity (Wildman–Crippen MR) is 89.2 cm³/mol. The van der Waals surface area contributed by atoms with E-state index in [1.807, 2.05) is 6.07 Å². The number of nitriles is 1. The summed E-state index contributed by atoms with van der Waals surface area (Å²) < 4.78 is 0. The Labute approximate surface area is 146 Å². The summed E-state index contributed by atoms with van der Waals surface area (Å²) in [6.07, 6.45) is 0. The van der Waals surface area contributed by atoms with Gasteiger partial charge < -0.3 is 10.6 Å². The Kier molecular flexibility index (Phi) is 4.15. The first-order valence-electron chi connectivity index (χ1n) is 6.60. The van der Waals surface area contributed by atoms with Crippen LogP contribution in [0.2, 0.25) is 10.0 Å². The van der Waals surface area contributed by atoms with Gasteiger partial charge in [0.05, 0.1) is 16.6 Å². The number of hydrogen-bond acceptors (Lipinski definition) is 6. The molecule has 118 valence electrons. The Morgan fingerprint density at radius 3 is 2.65 bits per heavy atom. The fourth-order valence-corrected chi connectivity index (χ4v) is 4.55. The molecule has 23 heavy (non-hydrogen) atoms. The second-order valence-corrected chi connectivity index (χ2v) is 6.82. The summed E-state index contributed by atoms with van der Waals surface area (Å²) in [5, 5.41) is 22.2. The van der Waals surface area contributed by atoms with Crippen molar-refractivity contribution in [3.05, 3.63) is 66.0 Å². The standard InChI is InChI=1S/C14H10Cl2N4O2S/c15-8-2-1-3-9(16)11(8)10-7(6-17)13(18)19-4-5-23-14(19)12(10)20(21)22/h1-3,10H,4-5,18H2. The summed E-state index contributed by atoms with van der Waals surface area (Å²) in [7, 11) is 0. The number of allylic oxidation sites excluding steroid dienone is 1. The fourth-order valence-electron chi connectivity index (χ4n) is 2.78. The van der Waals surface area contributed by atoms with Gasteiger partial charge >= 0.3 is 0 Å². The van der Waals surface area contributed by atoms with Crippen LogP contribution in [0.3, 0.4) is 0 Å². The summed E-state index contributed by atoms with van der Waals surface area (Å²) in [6.45, 7) is 0.525. The molecular formula is C14H10Cl2N4O2S. The van der Waals surface area contributed by atoms with Gasteiger partial charge in [0.25, 0.3) is 5.70 Å². The lowest BCUT2D eigenvalue weighted by molar-refractivity contribution is -0.430. The van der Waals surface area contributed by atoms with E-state index in [-0.39, 0.29) is 27.1 Å². The number of fused-ring (bicyclic) bond motifs is 1. The van der Waals surface area contributed by atoms with Crippen LogP contribution in [0.25, 0.3) is 0 Å². The molecule has 1 unspecified atom stereocenters. The molecule has 9 heteroatoms. The molecule has 0 saturated carbocycles. The third-order valence-electron chi connectivity index (χ3n) is 3.75. The molecule has 0 radical (unpaired) electrons. The minimum absolute atomic E-state index is 0.0953. The van der Waals surface area contributed by atoms with Crippen molar-refractivity contribution in [1.82, 2.24) is 4.90 Å². The summed E-state index contributed by atoms with van der Waals surface area (Å²) in [6, 6.07) is 6.82. The van der Waals surface area contributed by atoms with Crippen LogP contribution in [0.4, 0.5) is 0 Å². The SMILES string of the molecule is N#CC1=C(N)N2CCSC2=C([N+](=O)[O-])C1c1c(Cl)cccc1Cl. The maximum Gasteiger partial charge on any atom is 0.289 e. The second-order valence-electron chi connectivity index (χ2n) is 4.93. The highest BCUT2D eigenvalue weighted by molar-refractivity contribution is 8.03. The highest BCUT2D eigenvalue weighted by Gasteiger charge is 2.45. The van der Waals surface area contributed by atoms with Crippen LogP contribution in [0.15, 0.2) is 40.3 Å². The first-order valence-corrected chi connectivity index (χ1v) is 8.34. The summed E-state index contributed by atoms with van der Waals surface area (Å²) in [4.78, 5) is 12.9. The molecule has 0 spiro atoms. The molecule has 1 saturated heterocycles. The molecule has 0 aliphatic carbocycles. The van der Waals surface area contributed by atoms with Gasteiger partial charge in [-0.25, -0.2) is 0 Å². The average molecular weight is 369 g/mol. The quantitative estimate of drug-likeness (QED) is 0.635. The predicted octanol–water partition coefficient (Wildman–Crippen LogP) is 3.28. The van der Waals surface area contributed by atoms with Gasteiger partial charge in [-0.05, 0) is 12.1 Å². The van der Waals surface area contributed by atoms with Crippen LogP contribution in [0, 0.1) is 21.4 Å². The van der Waals surface area contributed by atoms with Crippen LogP contribution in [0.1, 0.15) is 11.5 Å². The van der Waals surface area contributed by atoms with Crippen LogP contribution >= 0.6 is 35.0 Å². The molecule has 2 aliphatic rings. The zero-order valence-electron chi connectivity index (χ0n) is 11.6. The Morgan fingerprint density at radius 1 is 1.43 bits per heavy atom. The van der Waals surface area contributed by atoms with Gasteiger partial charge in [-0.2, -0.15) is 5.26 Å². The van der Waals surface area contributed by atoms with E-state index in [1.165, 1.54) is 11.8 Å². The number of nitrogens with zero attached hydrogens (tertiary/aromatic N) is 3. The van der Waals surface area contributed by atoms with Crippen molar-refractivity contribution in [1.29, 1.82) is 5.26 Å². The van der Waals surface area contributed by atoms with E-state index in [0.29, 0.717) is 22.9 Å². The first kappa shape index (κ1) is 16.0. The van der Waals surface area contributed by atoms with Gasteiger partial charge in [0, 0.05) is 27.9 Å². The van der Waals surface area contributed by atoms with Crippen molar-refractivity contribution in [2.45, 2.75) is 5.92 Å². The molecule has 2 heterocycles. The first-order chi connectivity index (χ1) is 11.0. The molecular weight excluding hydrogens is 359 g/mol. The normalized spacial score (nSPS) is 20.6. The molecule has 0 bridgehead atoms. The zero-order chi connectivity index (χ0) is 16.7. The lowest BCUT2D eigenvalue weighted by Crippen LogP contribution is -2.34. The lowest BCUT2D eigenvalue weighted by atomic mass is 9.86. The zero-order valence-corrected chi connectivity index (χ0v) is 14.0. The Balaban J connectivity index is 2.33. The van der Waals surface area contributed by atoms with Crippen molar-refractivity contribution in [3.8, 4) is 6.07 Å². The number of rotatable bonds is 2. The van der Waals surface area contributed by atoms with Crippen molar-refractivity contribution in [2.75, 3.05) is 12.3 Å². The highest BCUT2D eigenvalue weighted by Crippen LogP contribution is 2.49. The number of thioether (sulfide) groups is 1. The Hall–Kier alpha value is -1.88. The molecule has 0 aromatic heterocycles. The van der Waals surface area contributed by atoms with Crippen LogP contribution < -0.4 is 5.73 Å². The van der Waals surface area contributed by atoms with Gasteiger partial charge in [-0.3, -0.25) is 10.1 Å². The van der Waals surface area contributed by atoms with E-state index in [9.17, 15) is 15.4 Å². The van der Waals surface area contributed by atoms with E-state index in [1.54, 1.807) is 23.1 Å². The highest BCUT2D eigenvalue weighted by atomic mass is 35.5. The molecule has 1 fully saturated rings. The summed E-state index contributed by atoms with van der Waals surface area (Å²) in [5.74, 6) is -0.0955. The number of hydrogen-bond donors (Lipinski definition) is 1. The fraction of sp³-hybridized carbons (Fsp3) is 0.214. The van der Waals surface area contributed by atoms with Gasteiger partial charge in [0.2, 0.25) is 0 Å². The second kappa shape index (κ2) is 5.96. The van der Waals surface area contributed by atoms with Gasteiger partial charge in [-0.15, -0.1) is 0 Å². The molecule has 6 nitrogen and oxygen atoms in total. The molecule has 1 atom stereocenters. The lowest BCUT2D eigenvalue weighted by Gasteiger charge is -2.29. The molecule has 3 rings (SSSR count). The van der Waals surface area contributed by atoms with Crippen molar-refractivity contribution in [3.63, 3.8) is 0 Å². The van der Waals surface area contributed by atoms with Crippen LogP contribution in [-0.4, -0.2) is 22.1 Å². The molecule has 2 N–H and O–H groups in total. The number of halogens is 2. The van der Waals surface area contributed by atoms with E-state index in [2.05, 4.69) is 0 Å². The van der Waals surface area contributed by atoms with E-state index >= 15 is 0 Å². The molecule has 1 aromatic rings. The number of benzene rings is 1. The molecule has 1 aromatic carbocycles. The average Bonchev–Trinajstić information content (AvgIpc) is 2.96. The summed E-state index contributed by atoms with van der Waals surface area (Å²) in [5.41, 5.74) is 6.42. The Bertz CT molecular complexity index is 795. The van der Waals surface area contributed by atoms with Crippen molar-refractivity contribution < 1.29 is 4.92 Å². The monoisotopic (exact) mass is 368 g/mol. The van der Waals surface area contributed by atoms with E-state index in [4.69, 9.17) is 28.9 Å². The van der Waals surface area contributed by atoms with Gasteiger partial charge in [0.15, 0.2) is 5.03 Å². The molecule has 0 amide bonds. The van der Waals surface area contributed by atoms with E-state index < -0.39 is 10.8 Å². The minimum atomic E-state index is -0.979. The van der Waals surface area contributed by atoms with E-state index in [0.717, 1.165) is 0 Å². The van der Waals surface area contributed by atoms with Crippen LogP contribution in [0.5, 0.6) is 0 Å².